The van der Waals surface area contributed by atoms with Gasteiger partial charge in [0.25, 0.3) is 0 Å². The fraction of sp³-hybridized carbons (Fsp3) is 0.188. The van der Waals surface area contributed by atoms with Crippen molar-refractivity contribution >= 4 is 5.78 Å². The standard InChI is InChI=1S/C16H14O6/c1-21-14-5-9(17)6-15-16(14)12(20)7-13(22-15)8-2-3-10(18)11(19)4-8/h2-6,13,17-19H,7H2,1H3. The molecule has 3 rings (SSSR count). The van der Waals surface area contributed by atoms with Gasteiger partial charge in [0.15, 0.2) is 17.3 Å². The van der Waals surface area contributed by atoms with Gasteiger partial charge in [-0.05, 0) is 17.7 Å². The Balaban J connectivity index is 2.02. The van der Waals surface area contributed by atoms with Crippen molar-refractivity contribution < 1.29 is 29.6 Å². The number of rotatable bonds is 2. The van der Waals surface area contributed by atoms with E-state index in [0.717, 1.165) is 0 Å². The van der Waals surface area contributed by atoms with Crippen molar-refractivity contribution in [2.24, 2.45) is 0 Å². The Labute approximate surface area is 126 Å². The maximum absolute atomic E-state index is 12.4. The molecule has 0 aromatic heterocycles. The summed E-state index contributed by atoms with van der Waals surface area (Å²) >= 11 is 0. The number of methoxy groups -OCH3 is 1. The molecule has 0 fully saturated rings. The van der Waals surface area contributed by atoms with Crippen LogP contribution in [0.3, 0.4) is 0 Å². The second-order valence-corrected chi connectivity index (χ2v) is 5.00. The van der Waals surface area contributed by atoms with Crippen LogP contribution in [0.25, 0.3) is 0 Å². The van der Waals surface area contributed by atoms with Crippen LogP contribution in [-0.2, 0) is 0 Å². The molecule has 1 heterocycles. The number of benzene rings is 2. The average Bonchev–Trinajstić information content (AvgIpc) is 2.48. The fourth-order valence-corrected chi connectivity index (χ4v) is 2.50. The highest BCUT2D eigenvalue weighted by atomic mass is 16.5. The van der Waals surface area contributed by atoms with E-state index in [0.29, 0.717) is 11.1 Å². The number of ether oxygens (including phenoxy) is 2. The number of carbonyl (C=O) groups excluding carboxylic acids is 1. The largest absolute Gasteiger partial charge is 0.508 e. The summed E-state index contributed by atoms with van der Waals surface area (Å²) in [7, 11) is 1.41. The number of phenolic OH excluding ortho intramolecular Hbond substituents is 3. The molecule has 0 bridgehead atoms. The Morgan fingerprint density at radius 1 is 1.14 bits per heavy atom. The number of hydrogen-bond donors (Lipinski definition) is 3. The molecule has 0 amide bonds. The molecule has 1 unspecified atom stereocenters. The Kier molecular flexibility index (Phi) is 3.29. The molecule has 0 saturated heterocycles. The van der Waals surface area contributed by atoms with Crippen molar-refractivity contribution in [1.29, 1.82) is 0 Å². The molecule has 2 aromatic rings. The molecule has 0 saturated carbocycles. The first kappa shape index (κ1) is 14.1. The minimum absolute atomic E-state index is 0.0678. The van der Waals surface area contributed by atoms with Crippen molar-refractivity contribution in [3.8, 4) is 28.7 Å². The van der Waals surface area contributed by atoms with Crippen molar-refractivity contribution in [3.63, 3.8) is 0 Å². The van der Waals surface area contributed by atoms with Gasteiger partial charge in [0.1, 0.15) is 28.9 Å². The highest BCUT2D eigenvalue weighted by Crippen LogP contribution is 2.42. The summed E-state index contributed by atoms with van der Waals surface area (Å²) in [6, 6.07) is 6.95. The Bertz CT molecular complexity index is 753. The maximum atomic E-state index is 12.4. The highest BCUT2D eigenvalue weighted by molar-refractivity contribution is 6.02. The van der Waals surface area contributed by atoms with Crippen molar-refractivity contribution in [1.82, 2.24) is 0 Å². The number of carbonyl (C=O) groups is 1. The second kappa shape index (κ2) is 5.14. The lowest BCUT2D eigenvalue weighted by Crippen LogP contribution is -2.21. The quantitative estimate of drug-likeness (QED) is 0.738. The fourth-order valence-electron chi connectivity index (χ4n) is 2.50. The molecule has 6 nitrogen and oxygen atoms in total. The summed E-state index contributed by atoms with van der Waals surface area (Å²) in [6.07, 6.45) is -0.545. The van der Waals surface area contributed by atoms with E-state index < -0.39 is 6.10 Å². The van der Waals surface area contributed by atoms with E-state index in [1.54, 1.807) is 6.07 Å². The Morgan fingerprint density at radius 3 is 2.59 bits per heavy atom. The molecule has 0 aliphatic carbocycles. The average molecular weight is 302 g/mol. The number of aromatic hydroxyl groups is 3. The zero-order chi connectivity index (χ0) is 15.9. The lowest BCUT2D eigenvalue weighted by molar-refractivity contribution is 0.0844. The molecule has 1 atom stereocenters. The molecular weight excluding hydrogens is 288 g/mol. The van der Waals surface area contributed by atoms with E-state index in [4.69, 9.17) is 9.47 Å². The summed E-state index contributed by atoms with van der Waals surface area (Å²) in [5.41, 5.74) is 0.844. The van der Waals surface area contributed by atoms with Crippen LogP contribution >= 0.6 is 0 Å². The third-order valence-electron chi connectivity index (χ3n) is 3.56. The summed E-state index contributed by atoms with van der Waals surface area (Å²) in [5.74, 6) is -0.302. The van der Waals surface area contributed by atoms with E-state index in [2.05, 4.69) is 0 Å². The Morgan fingerprint density at radius 2 is 1.91 bits per heavy atom. The molecule has 22 heavy (non-hydrogen) atoms. The molecule has 0 spiro atoms. The normalized spacial score (nSPS) is 16.8. The van der Waals surface area contributed by atoms with Gasteiger partial charge < -0.3 is 24.8 Å². The predicted octanol–water partition coefficient (Wildman–Crippen LogP) is 2.52. The van der Waals surface area contributed by atoms with E-state index in [1.165, 1.54) is 31.4 Å². The van der Waals surface area contributed by atoms with Gasteiger partial charge in [0, 0.05) is 12.1 Å². The lowest BCUT2D eigenvalue weighted by atomic mass is 9.95. The molecular formula is C16H14O6. The molecule has 114 valence electrons. The maximum Gasteiger partial charge on any atom is 0.174 e. The number of phenols is 3. The van der Waals surface area contributed by atoms with E-state index >= 15 is 0 Å². The highest BCUT2D eigenvalue weighted by Gasteiger charge is 2.31. The Hall–Kier alpha value is -2.89. The topological polar surface area (TPSA) is 96.2 Å². The van der Waals surface area contributed by atoms with Gasteiger partial charge in [0.2, 0.25) is 0 Å². The van der Waals surface area contributed by atoms with Crippen molar-refractivity contribution in [3.05, 3.63) is 41.5 Å². The van der Waals surface area contributed by atoms with Crippen LogP contribution in [0.15, 0.2) is 30.3 Å². The summed E-state index contributed by atoms with van der Waals surface area (Å²) in [6.45, 7) is 0. The van der Waals surface area contributed by atoms with Crippen LogP contribution in [0, 0.1) is 0 Å². The SMILES string of the molecule is COc1cc(O)cc2c1C(=O)CC(c1ccc(O)c(O)c1)O2. The first-order chi connectivity index (χ1) is 10.5. The van der Waals surface area contributed by atoms with E-state index in [1.807, 2.05) is 0 Å². The summed E-state index contributed by atoms with van der Waals surface area (Å²) < 4.78 is 10.9. The third kappa shape index (κ3) is 2.28. The summed E-state index contributed by atoms with van der Waals surface area (Å²) in [4.78, 5) is 12.4. The van der Waals surface area contributed by atoms with Crippen molar-refractivity contribution in [2.45, 2.75) is 12.5 Å². The minimum atomic E-state index is -0.613. The van der Waals surface area contributed by atoms with Crippen LogP contribution in [-0.4, -0.2) is 28.2 Å². The molecule has 6 heteroatoms. The smallest absolute Gasteiger partial charge is 0.174 e. The van der Waals surface area contributed by atoms with Gasteiger partial charge in [-0.1, -0.05) is 6.07 Å². The van der Waals surface area contributed by atoms with Gasteiger partial charge in [0.05, 0.1) is 13.5 Å². The van der Waals surface area contributed by atoms with Crippen molar-refractivity contribution in [2.75, 3.05) is 7.11 Å². The number of Topliss-reactive ketones (excluding diaryl/α,β-unsaturated/α-hetero) is 1. The van der Waals surface area contributed by atoms with Crippen LogP contribution in [0.1, 0.15) is 28.4 Å². The molecule has 3 N–H and O–H groups in total. The van der Waals surface area contributed by atoms with Gasteiger partial charge >= 0.3 is 0 Å². The molecule has 1 aliphatic heterocycles. The second-order valence-electron chi connectivity index (χ2n) is 5.00. The molecule has 0 radical (unpaired) electrons. The first-order valence-electron chi connectivity index (χ1n) is 6.62. The third-order valence-corrected chi connectivity index (χ3v) is 3.56. The molecule has 2 aromatic carbocycles. The zero-order valence-electron chi connectivity index (χ0n) is 11.7. The number of hydrogen-bond acceptors (Lipinski definition) is 6. The van der Waals surface area contributed by atoms with Crippen LogP contribution in [0.5, 0.6) is 28.7 Å². The monoisotopic (exact) mass is 302 g/mol. The lowest BCUT2D eigenvalue weighted by Gasteiger charge is -2.26. The number of ketones is 1. The van der Waals surface area contributed by atoms with Crippen LogP contribution in [0.2, 0.25) is 0 Å². The minimum Gasteiger partial charge on any atom is -0.508 e. The molecule has 1 aliphatic rings. The summed E-state index contributed by atoms with van der Waals surface area (Å²) in [5, 5.41) is 28.6. The zero-order valence-corrected chi connectivity index (χ0v) is 11.7. The predicted molar refractivity (Wildman–Crippen MR) is 76.7 cm³/mol. The number of fused-ring (bicyclic) bond motifs is 1. The first-order valence-corrected chi connectivity index (χ1v) is 6.62. The van der Waals surface area contributed by atoms with Gasteiger partial charge in [-0.15, -0.1) is 0 Å². The van der Waals surface area contributed by atoms with Crippen LogP contribution in [0.4, 0.5) is 0 Å². The van der Waals surface area contributed by atoms with Gasteiger partial charge in [-0.2, -0.15) is 0 Å². The van der Waals surface area contributed by atoms with Crippen LogP contribution < -0.4 is 9.47 Å². The van der Waals surface area contributed by atoms with Gasteiger partial charge in [-0.25, -0.2) is 0 Å². The van der Waals surface area contributed by atoms with Gasteiger partial charge in [-0.3, -0.25) is 4.79 Å². The van der Waals surface area contributed by atoms with E-state index in [-0.39, 0.29) is 41.0 Å². The van der Waals surface area contributed by atoms with E-state index in [9.17, 15) is 20.1 Å².